The van der Waals surface area contributed by atoms with E-state index in [4.69, 9.17) is 10.5 Å². The fraction of sp³-hybridized carbons (Fsp3) is 1.00. The summed E-state index contributed by atoms with van der Waals surface area (Å²) in [6.07, 6.45) is 4.94. The van der Waals surface area contributed by atoms with Gasteiger partial charge < -0.3 is 10.5 Å². The highest BCUT2D eigenvalue weighted by Crippen LogP contribution is 2.35. The van der Waals surface area contributed by atoms with Crippen LogP contribution in [0.3, 0.4) is 0 Å². The minimum absolute atomic E-state index is 0.319. The van der Waals surface area contributed by atoms with Gasteiger partial charge in [0.05, 0.1) is 6.61 Å². The highest BCUT2D eigenvalue weighted by Gasteiger charge is 2.34. The minimum Gasteiger partial charge on any atom is -0.380 e. The summed E-state index contributed by atoms with van der Waals surface area (Å²) in [6.45, 7) is 8.81. The second kappa shape index (κ2) is 5.03. The van der Waals surface area contributed by atoms with Crippen LogP contribution >= 0.6 is 0 Å². The molecule has 0 spiro atoms. The molecule has 0 bridgehead atoms. The Hall–Kier alpha value is -0.120. The van der Waals surface area contributed by atoms with Crippen LogP contribution in [0.1, 0.15) is 39.5 Å². The summed E-state index contributed by atoms with van der Waals surface area (Å²) in [7, 11) is 0. The van der Waals surface area contributed by atoms with Crippen molar-refractivity contribution in [3.05, 3.63) is 0 Å². The van der Waals surface area contributed by atoms with E-state index in [1.165, 1.54) is 32.4 Å². The summed E-state index contributed by atoms with van der Waals surface area (Å²) in [5.41, 5.74) is 6.75. The molecular weight excluding hydrogens is 200 g/mol. The van der Waals surface area contributed by atoms with E-state index >= 15 is 0 Å². The van der Waals surface area contributed by atoms with Gasteiger partial charge >= 0.3 is 0 Å². The standard InChI is InChI=1S/C13H26N2O/c1-3-13(2)5-7-15(8-6-13)12-10-16-9-4-11(12)14/h11-12H,3-10,14H2,1-2H3. The molecule has 0 aromatic rings. The molecule has 2 atom stereocenters. The zero-order chi connectivity index (χ0) is 11.6. The van der Waals surface area contributed by atoms with Crippen LogP contribution < -0.4 is 5.73 Å². The highest BCUT2D eigenvalue weighted by atomic mass is 16.5. The molecule has 2 fully saturated rings. The van der Waals surface area contributed by atoms with E-state index < -0.39 is 0 Å². The van der Waals surface area contributed by atoms with E-state index in [-0.39, 0.29) is 0 Å². The van der Waals surface area contributed by atoms with Crippen molar-refractivity contribution in [2.45, 2.75) is 51.6 Å². The first kappa shape index (κ1) is 12.3. The number of likely N-dealkylation sites (tertiary alicyclic amines) is 1. The lowest BCUT2D eigenvalue weighted by atomic mass is 9.77. The molecule has 16 heavy (non-hydrogen) atoms. The number of nitrogens with zero attached hydrogens (tertiary/aromatic N) is 1. The molecule has 2 rings (SSSR count). The normalized spacial score (nSPS) is 36.2. The molecule has 0 saturated carbocycles. The van der Waals surface area contributed by atoms with Gasteiger partial charge in [-0.2, -0.15) is 0 Å². The summed E-state index contributed by atoms with van der Waals surface area (Å²) in [6, 6.07) is 0.787. The lowest BCUT2D eigenvalue weighted by Crippen LogP contribution is -2.56. The van der Waals surface area contributed by atoms with E-state index in [9.17, 15) is 0 Å². The molecule has 2 heterocycles. The van der Waals surface area contributed by atoms with Crippen molar-refractivity contribution in [1.29, 1.82) is 0 Å². The molecular formula is C13H26N2O. The third-order valence-corrected chi connectivity index (χ3v) is 4.71. The Morgan fingerprint density at radius 1 is 1.38 bits per heavy atom. The fourth-order valence-corrected chi connectivity index (χ4v) is 2.86. The van der Waals surface area contributed by atoms with Crippen molar-refractivity contribution in [2.75, 3.05) is 26.3 Å². The van der Waals surface area contributed by atoms with Crippen molar-refractivity contribution in [3.8, 4) is 0 Å². The van der Waals surface area contributed by atoms with Gasteiger partial charge in [0.1, 0.15) is 0 Å². The Morgan fingerprint density at radius 3 is 2.62 bits per heavy atom. The lowest BCUT2D eigenvalue weighted by Gasteiger charge is -2.45. The van der Waals surface area contributed by atoms with Gasteiger partial charge in [-0.1, -0.05) is 20.3 Å². The highest BCUT2D eigenvalue weighted by molar-refractivity contribution is 4.90. The van der Waals surface area contributed by atoms with Crippen LogP contribution in [-0.4, -0.2) is 43.3 Å². The Balaban J connectivity index is 1.88. The third-order valence-electron chi connectivity index (χ3n) is 4.71. The average Bonchev–Trinajstić information content (AvgIpc) is 2.31. The van der Waals surface area contributed by atoms with Gasteiger partial charge in [0.25, 0.3) is 0 Å². The lowest BCUT2D eigenvalue weighted by molar-refractivity contribution is -0.0172. The molecule has 94 valence electrons. The molecule has 2 unspecified atom stereocenters. The maximum Gasteiger partial charge on any atom is 0.0636 e. The number of nitrogens with two attached hydrogens (primary N) is 1. The van der Waals surface area contributed by atoms with Gasteiger partial charge in [-0.15, -0.1) is 0 Å². The topological polar surface area (TPSA) is 38.5 Å². The number of hydrogen-bond donors (Lipinski definition) is 1. The summed E-state index contributed by atoms with van der Waals surface area (Å²) in [4.78, 5) is 2.56. The van der Waals surface area contributed by atoms with Crippen LogP contribution in [0.4, 0.5) is 0 Å². The van der Waals surface area contributed by atoms with Gasteiger partial charge in [-0.25, -0.2) is 0 Å². The Morgan fingerprint density at radius 2 is 2.06 bits per heavy atom. The first-order valence-corrected chi connectivity index (χ1v) is 6.72. The molecule has 2 saturated heterocycles. The van der Waals surface area contributed by atoms with Crippen LogP contribution in [0.15, 0.2) is 0 Å². The maximum absolute atomic E-state index is 6.19. The first-order chi connectivity index (χ1) is 7.64. The zero-order valence-corrected chi connectivity index (χ0v) is 10.7. The first-order valence-electron chi connectivity index (χ1n) is 6.72. The Kier molecular flexibility index (Phi) is 3.88. The molecule has 0 radical (unpaired) electrons. The molecule has 2 aliphatic heterocycles. The van der Waals surface area contributed by atoms with Crippen molar-refractivity contribution < 1.29 is 4.74 Å². The number of ether oxygens (including phenoxy) is 1. The van der Waals surface area contributed by atoms with Gasteiger partial charge in [-0.05, 0) is 37.8 Å². The van der Waals surface area contributed by atoms with Gasteiger partial charge in [0.2, 0.25) is 0 Å². The monoisotopic (exact) mass is 226 g/mol. The van der Waals surface area contributed by atoms with Crippen molar-refractivity contribution in [3.63, 3.8) is 0 Å². The summed E-state index contributed by atoms with van der Waals surface area (Å²) < 4.78 is 5.56. The number of rotatable bonds is 2. The summed E-state index contributed by atoms with van der Waals surface area (Å²) in [5, 5.41) is 0. The van der Waals surface area contributed by atoms with E-state index in [2.05, 4.69) is 18.7 Å². The van der Waals surface area contributed by atoms with E-state index in [0.29, 0.717) is 17.5 Å². The fourth-order valence-electron chi connectivity index (χ4n) is 2.86. The van der Waals surface area contributed by atoms with E-state index in [1.807, 2.05) is 0 Å². The molecule has 0 amide bonds. The smallest absolute Gasteiger partial charge is 0.0636 e. The number of piperidine rings is 1. The quantitative estimate of drug-likeness (QED) is 0.777. The molecule has 2 aliphatic rings. The number of hydrogen-bond acceptors (Lipinski definition) is 3. The molecule has 3 heteroatoms. The van der Waals surface area contributed by atoms with Crippen LogP contribution in [0, 0.1) is 5.41 Å². The van der Waals surface area contributed by atoms with Crippen molar-refractivity contribution in [2.24, 2.45) is 11.1 Å². The van der Waals surface area contributed by atoms with Gasteiger partial charge in [0.15, 0.2) is 0 Å². The van der Waals surface area contributed by atoms with Gasteiger partial charge in [0, 0.05) is 18.7 Å². The molecule has 3 nitrogen and oxygen atoms in total. The molecule has 0 aromatic heterocycles. The predicted molar refractivity (Wildman–Crippen MR) is 66.4 cm³/mol. The van der Waals surface area contributed by atoms with Crippen LogP contribution in [0.25, 0.3) is 0 Å². The van der Waals surface area contributed by atoms with Crippen LogP contribution in [0.5, 0.6) is 0 Å². The van der Waals surface area contributed by atoms with Crippen LogP contribution in [-0.2, 0) is 4.74 Å². The minimum atomic E-state index is 0.319. The Labute approximate surface area is 99.3 Å². The Bertz CT molecular complexity index is 224. The molecule has 0 aliphatic carbocycles. The van der Waals surface area contributed by atoms with Crippen LogP contribution in [0.2, 0.25) is 0 Å². The average molecular weight is 226 g/mol. The second-order valence-corrected chi connectivity index (χ2v) is 5.79. The summed E-state index contributed by atoms with van der Waals surface area (Å²) in [5.74, 6) is 0. The van der Waals surface area contributed by atoms with Crippen molar-refractivity contribution >= 4 is 0 Å². The van der Waals surface area contributed by atoms with E-state index in [0.717, 1.165) is 19.6 Å². The SMILES string of the molecule is CCC1(C)CCN(C2COCCC2N)CC1. The third kappa shape index (κ3) is 2.58. The van der Waals surface area contributed by atoms with Crippen molar-refractivity contribution in [1.82, 2.24) is 4.90 Å². The zero-order valence-electron chi connectivity index (χ0n) is 10.7. The summed E-state index contributed by atoms with van der Waals surface area (Å²) >= 11 is 0. The molecule has 0 aromatic carbocycles. The molecule has 2 N–H and O–H groups in total. The van der Waals surface area contributed by atoms with E-state index in [1.54, 1.807) is 0 Å². The largest absolute Gasteiger partial charge is 0.380 e. The van der Waals surface area contributed by atoms with Gasteiger partial charge in [-0.3, -0.25) is 4.90 Å². The predicted octanol–water partition coefficient (Wildman–Crippen LogP) is 1.61. The second-order valence-electron chi connectivity index (χ2n) is 5.79. The maximum atomic E-state index is 6.19.